The molecule has 2 heterocycles. The summed E-state index contributed by atoms with van der Waals surface area (Å²) in [5, 5.41) is 12.8. The molecule has 0 aliphatic carbocycles. The fourth-order valence-corrected chi connectivity index (χ4v) is 2.57. The number of aromatic carboxylic acids is 1. The van der Waals surface area contributed by atoms with Crippen molar-refractivity contribution in [2.45, 2.75) is 12.5 Å². The Hall–Kier alpha value is -1.86. The third kappa shape index (κ3) is 6.17. The van der Waals surface area contributed by atoms with E-state index in [1.807, 2.05) is 18.2 Å². The lowest BCUT2D eigenvalue weighted by Gasteiger charge is -2.15. The highest BCUT2D eigenvalue weighted by Crippen LogP contribution is 2.29. The maximum Gasteiger partial charge on any atom is 0.352 e. The first-order chi connectivity index (χ1) is 12.0. The Morgan fingerprint density at radius 3 is 2.60 bits per heavy atom. The Morgan fingerprint density at radius 2 is 1.96 bits per heavy atom. The van der Waals surface area contributed by atoms with E-state index < -0.39 is 11.5 Å². The smallest absolute Gasteiger partial charge is 0.352 e. The summed E-state index contributed by atoms with van der Waals surface area (Å²) in [6, 6.07) is 9.66. The third-order valence-electron chi connectivity index (χ3n) is 3.50. The number of carboxylic acid groups (broad SMARTS) is 1. The van der Waals surface area contributed by atoms with E-state index >= 15 is 0 Å². The highest BCUT2D eigenvalue weighted by Gasteiger charge is 2.15. The highest BCUT2D eigenvalue weighted by atomic mass is 35.5. The van der Waals surface area contributed by atoms with Crippen LogP contribution in [0, 0.1) is 0 Å². The van der Waals surface area contributed by atoms with Gasteiger partial charge in [0.15, 0.2) is 0 Å². The highest BCUT2D eigenvalue weighted by molar-refractivity contribution is 6.42. The molecule has 1 unspecified atom stereocenters. The number of nitrogens with one attached hydrogen (secondary N) is 2. The molecule has 1 aliphatic rings. The molecular weight excluding hydrogens is 367 g/mol. The molecule has 1 aromatic carbocycles. The van der Waals surface area contributed by atoms with Crippen molar-refractivity contribution in [3.05, 3.63) is 68.1 Å². The Morgan fingerprint density at radius 1 is 1.16 bits per heavy atom. The van der Waals surface area contributed by atoms with Gasteiger partial charge in [-0.3, -0.25) is 4.79 Å². The molecule has 1 fully saturated rings. The van der Waals surface area contributed by atoms with Crippen molar-refractivity contribution in [2.24, 2.45) is 0 Å². The van der Waals surface area contributed by atoms with Gasteiger partial charge < -0.3 is 20.1 Å². The van der Waals surface area contributed by atoms with E-state index in [2.05, 4.69) is 10.3 Å². The monoisotopic (exact) mass is 384 g/mol. The first-order valence-corrected chi connectivity index (χ1v) is 8.43. The molecule has 0 saturated carbocycles. The van der Waals surface area contributed by atoms with Gasteiger partial charge >= 0.3 is 5.97 Å². The number of hydrogen-bond donors (Lipinski definition) is 3. The summed E-state index contributed by atoms with van der Waals surface area (Å²) in [6.45, 7) is 2.63. The number of ether oxygens (including phenoxy) is 1. The number of hydrogen-bond acceptors (Lipinski definition) is 4. The molecule has 2 aromatic rings. The maximum atomic E-state index is 10.5. The Bertz CT molecular complexity index is 771. The van der Waals surface area contributed by atoms with Crippen LogP contribution >= 0.6 is 23.2 Å². The molecular formula is C17H18Cl2N2O4. The van der Waals surface area contributed by atoms with Crippen molar-refractivity contribution in [3.63, 3.8) is 0 Å². The maximum absolute atomic E-state index is 10.5. The molecule has 1 atom stereocenters. The molecule has 3 rings (SSSR count). The fraction of sp³-hybridized carbons (Fsp3) is 0.294. The van der Waals surface area contributed by atoms with E-state index in [1.54, 1.807) is 0 Å². The normalized spacial score (nSPS) is 17.1. The van der Waals surface area contributed by atoms with Crippen LogP contribution in [0.5, 0.6) is 0 Å². The Kier molecular flexibility index (Phi) is 7.46. The van der Waals surface area contributed by atoms with Gasteiger partial charge in [-0.15, -0.1) is 0 Å². The number of H-pyrrole nitrogens is 1. The van der Waals surface area contributed by atoms with Gasteiger partial charge in [-0.05, 0) is 36.7 Å². The predicted octanol–water partition coefficient (Wildman–Crippen LogP) is 3.12. The summed E-state index contributed by atoms with van der Waals surface area (Å²) < 4.78 is 5.72. The average molecular weight is 385 g/mol. The first kappa shape index (κ1) is 19.5. The first-order valence-electron chi connectivity index (χ1n) is 7.67. The lowest BCUT2D eigenvalue weighted by molar-refractivity contribution is 0.0644. The zero-order valence-electron chi connectivity index (χ0n) is 13.3. The minimum atomic E-state index is -1.13. The lowest BCUT2D eigenvalue weighted by Crippen LogP contribution is -2.16. The zero-order valence-corrected chi connectivity index (χ0v) is 14.8. The standard InChI is InChI=1S/C11H13Cl2NO.C6H5NO3/c12-9-2-1-8(7-10(9)13)11-3-4-14-5-6-15-11;8-5-3-1-2-4(7-5)6(9)10/h1-2,7,11,14H,3-6H2;1-3H,(H,7,8)(H,9,10). The SMILES string of the molecule is Clc1ccc(C2CCNCCO2)cc1Cl.O=C(O)c1cccc(=O)[nH]1. The van der Waals surface area contributed by atoms with Crippen LogP contribution in [0.3, 0.4) is 0 Å². The number of carbonyl (C=O) groups is 1. The molecule has 3 N–H and O–H groups in total. The number of rotatable bonds is 2. The second kappa shape index (κ2) is 9.58. The molecule has 134 valence electrons. The average Bonchev–Trinajstić information content (AvgIpc) is 2.87. The molecule has 1 saturated heterocycles. The number of benzene rings is 1. The Balaban J connectivity index is 0.000000196. The van der Waals surface area contributed by atoms with Crippen LogP contribution in [-0.2, 0) is 4.74 Å². The van der Waals surface area contributed by atoms with E-state index in [0.29, 0.717) is 10.0 Å². The number of carboxylic acids is 1. The quantitative estimate of drug-likeness (QED) is 0.739. The van der Waals surface area contributed by atoms with Crippen LogP contribution in [0.4, 0.5) is 0 Å². The Labute approximate surface area is 154 Å². The molecule has 25 heavy (non-hydrogen) atoms. The number of aromatic nitrogens is 1. The van der Waals surface area contributed by atoms with Gasteiger partial charge in [0, 0.05) is 12.6 Å². The summed E-state index contributed by atoms with van der Waals surface area (Å²) in [4.78, 5) is 22.8. The summed E-state index contributed by atoms with van der Waals surface area (Å²) in [7, 11) is 0. The topological polar surface area (TPSA) is 91.4 Å². The van der Waals surface area contributed by atoms with E-state index in [-0.39, 0.29) is 11.8 Å². The van der Waals surface area contributed by atoms with Gasteiger partial charge in [0.25, 0.3) is 0 Å². The van der Waals surface area contributed by atoms with Crippen molar-refractivity contribution < 1.29 is 14.6 Å². The third-order valence-corrected chi connectivity index (χ3v) is 4.23. The van der Waals surface area contributed by atoms with Crippen LogP contribution in [-0.4, -0.2) is 35.8 Å². The molecule has 8 heteroatoms. The van der Waals surface area contributed by atoms with Crippen molar-refractivity contribution in [1.82, 2.24) is 10.3 Å². The van der Waals surface area contributed by atoms with Crippen molar-refractivity contribution >= 4 is 29.2 Å². The van der Waals surface area contributed by atoms with Crippen LogP contribution < -0.4 is 10.9 Å². The van der Waals surface area contributed by atoms with Crippen LogP contribution in [0.25, 0.3) is 0 Å². The molecule has 1 aliphatic heterocycles. The second-order valence-corrected chi connectivity index (χ2v) is 6.12. The van der Waals surface area contributed by atoms with E-state index in [0.717, 1.165) is 31.7 Å². The minimum absolute atomic E-state index is 0.0903. The summed E-state index contributed by atoms with van der Waals surface area (Å²) in [5.41, 5.74) is 0.612. The molecule has 0 spiro atoms. The number of aromatic amines is 1. The second-order valence-electron chi connectivity index (χ2n) is 5.31. The molecule has 0 amide bonds. The summed E-state index contributed by atoms with van der Waals surface area (Å²) in [5.74, 6) is -1.13. The predicted molar refractivity (Wildman–Crippen MR) is 96.7 cm³/mol. The van der Waals surface area contributed by atoms with Gasteiger partial charge in [0.2, 0.25) is 5.56 Å². The number of pyridine rings is 1. The van der Waals surface area contributed by atoms with E-state index in [9.17, 15) is 9.59 Å². The van der Waals surface area contributed by atoms with Gasteiger partial charge in [-0.1, -0.05) is 35.3 Å². The van der Waals surface area contributed by atoms with Crippen LogP contribution in [0.2, 0.25) is 10.0 Å². The van der Waals surface area contributed by atoms with Gasteiger partial charge in [0.1, 0.15) is 5.69 Å². The zero-order chi connectivity index (χ0) is 18.2. The van der Waals surface area contributed by atoms with Crippen LogP contribution in [0.1, 0.15) is 28.6 Å². The fourth-order valence-electron chi connectivity index (χ4n) is 2.26. The van der Waals surface area contributed by atoms with Crippen LogP contribution in [0.15, 0.2) is 41.2 Å². The molecule has 0 radical (unpaired) electrons. The molecule has 1 aromatic heterocycles. The van der Waals surface area contributed by atoms with Crippen molar-refractivity contribution in [2.75, 3.05) is 19.7 Å². The summed E-state index contributed by atoms with van der Waals surface area (Å²) in [6.07, 6.45) is 1.10. The number of halogens is 2. The minimum Gasteiger partial charge on any atom is -0.477 e. The molecule has 0 bridgehead atoms. The van der Waals surface area contributed by atoms with Crippen molar-refractivity contribution in [3.8, 4) is 0 Å². The van der Waals surface area contributed by atoms with Gasteiger partial charge in [0.05, 0.1) is 22.8 Å². The van der Waals surface area contributed by atoms with Gasteiger partial charge in [-0.25, -0.2) is 4.79 Å². The molecule has 6 nitrogen and oxygen atoms in total. The van der Waals surface area contributed by atoms with E-state index in [4.69, 9.17) is 33.0 Å². The van der Waals surface area contributed by atoms with Gasteiger partial charge in [-0.2, -0.15) is 0 Å². The van der Waals surface area contributed by atoms with Crippen molar-refractivity contribution in [1.29, 1.82) is 0 Å². The summed E-state index contributed by atoms with van der Waals surface area (Å²) >= 11 is 11.8. The van der Waals surface area contributed by atoms with E-state index in [1.165, 1.54) is 18.2 Å². The lowest BCUT2D eigenvalue weighted by atomic mass is 10.1. The largest absolute Gasteiger partial charge is 0.477 e.